The molecule has 0 aliphatic carbocycles. The predicted octanol–water partition coefficient (Wildman–Crippen LogP) is 2.24. The second kappa shape index (κ2) is 6.85. The number of aromatic nitrogens is 2. The van der Waals surface area contributed by atoms with Crippen LogP contribution in [0.25, 0.3) is 11.4 Å². The fraction of sp³-hybridized carbons (Fsp3) is 0.412. The van der Waals surface area contributed by atoms with Crippen LogP contribution in [0, 0.1) is 0 Å². The third-order valence-corrected chi connectivity index (χ3v) is 3.77. The number of hydrogen-bond acceptors (Lipinski definition) is 5. The molecule has 0 spiro atoms. The molecule has 1 atom stereocenters. The highest BCUT2D eigenvalue weighted by molar-refractivity contribution is 5.60. The van der Waals surface area contributed by atoms with Gasteiger partial charge in [-0.05, 0) is 19.9 Å². The van der Waals surface area contributed by atoms with Crippen molar-refractivity contribution in [2.24, 2.45) is 0 Å². The lowest BCUT2D eigenvalue weighted by Gasteiger charge is -2.23. The Kier molecular flexibility index (Phi) is 4.65. The summed E-state index contributed by atoms with van der Waals surface area (Å²) in [6, 6.07) is 10.3. The Labute approximate surface area is 131 Å². The standard InChI is InChI=1S/C17H22N4O/c1-12(11-22-2)19-17-14-8-9-18-10-15(14)20-16(21-17)13-6-4-3-5-7-13/h3-7,12,18H,8-11H2,1-2H3,(H,19,20,21)/t12-/m1/s1. The van der Waals surface area contributed by atoms with Crippen molar-refractivity contribution in [1.29, 1.82) is 0 Å². The van der Waals surface area contributed by atoms with E-state index in [9.17, 15) is 0 Å². The number of rotatable bonds is 5. The lowest BCUT2D eigenvalue weighted by molar-refractivity contribution is 0.190. The van der Waals surface area contributed by atoms with Crippen molar-refractivity contribution in [3.63, 3.8) is 0 Å². The van der Waals surface area contributed by atoms with Crippen molar-refractivity contribution < 1.29 is 4.74 Å². The Morgan fingerprint density at radius 3 is 2.86 bits per heavy atom. The Morgan fingerprint density at radius 1 is 1.27 bits per heavy atom. The molecule has 0 saturated carbocycles. The minimum atomic E-state index is 0.211. The van der Waals surface area contributed by atoms with Gasteiger partial charge >= 0.3 is 0 Å². The molecule has 2 aromatic rings. The van der Waals surface area contributed by atoms with E-state index in [2.05, 4.69) is 17.6 Å². The van der Waals surface area contributed by atoms with Gasteiger partial charge in [-0.25, -0.2) is 9.97 Å². The number of nitrogens with one attached hydrogen (secondary N) is 2. The molecule has 116 valence electrons. The molecule has 5 nitrogen and oxygen atoms in total. The molecule has 1 aliphatic heterocycles. The minimum Gasteiger partial charge on any atom is -0.383 e. The van der Waals surface area contributed by atoms with Gasteiger partial charge in [0.25, 0.3) is 0 Å². The number of ether oxygens (including phenoxy) is 1. The van der Waals surface area contributed by atoms with Gasteiger partial charge in [-0.3, -0.25) is 0 Å². The summed E-state index contributed by atoms with van der Waals surface area (Å²) in [6.45, 7) is 4.51. The average Bonchev–Trinajstić information content (AvgIpc) is 2.56. The first-order chi connectivity index (χ1) is 10.8. The van der Waals surface area contributed by atoms with Crippen LogP contribution in [-0.2, 0) is 17.7 Å². The zero-order chi connectivity index (χ0) is 15.4. The maximum absolute atomic E-state index is 5.22. The summed E-state index contributed by atoms with van der Waals surface area (Å²) in [5.74, 6) is 1.71. The fourth-order valence-corrected chi connectivity index (χ4v) is 2.72. The van der Waals surface area contributed by atoms with Gasteiger partial charge in [-0.15, -0.1) is 0 Å². The van der Waals surface area contributed by atoms with E-state index in [1.54, 1.807) is 7.11 Å². The maximum atomic E-state index is 5.22. The van der Waals surface area contributed by atoms with Crippen molar-refractivity contribution in [3.8, 4) is 11.4 Å². The molecule has 0 fully saturated rings. The highest BCUT2D eigenvalue weighted by Crippen LogP contribution is 2.25. The molecule has 2 N–H and O–H groups in total. The second-order valence-corrected chi connectivity index (χ2v) is 5.61. The van der Waals surface area contributed by atoms with Crippen LogP contribution >= 0.6 is 0 Å². The monoisotopic (exact) mass is 298 g/mol. The number of anilines is 1. The molecule has 0 amide bonds. The topological polar surface area (TPSA) is 59.1 Å². The highest BCUT2D eigenvalue weighted by atomic mass is 16.5. The number of nitrogens with zero attached hydrogens (tertiary/aromatic N) is 2. The number of fused-ring (bicyclic) bond motifs is 1. The number of hydrogen-bond donors (Lipinski definition) is 2. The Morgan fingerprint density at radius 2 is 2.09 bits per heavy atom. The average molecular weight is 298 g/mol. The van der Waals surface area contributed by atoms with Gasteiger partial charge in [0, 0.05) is 30.8 Å². The van der Waals surface area contributed by atoms with E-state index in [1.807, 2.05) is 30.3 Å². The van der Waals surface area contributed by atoms with Crippen LogP contribution in [0.2, 0.25) is 0 Å². The summed E-state index contributed by atoms with van der Waals surface area (Å²) in [7, 11) is 1.72. The smallest absolute Gasteiger partial charge is 0.161 e. The van der Waals surface area contributed by atoms with E-state index < -0.39 is 0 Å². The summed E-state index contributed by atoms with van der Waals surface area (Å²) in [4.78, 5) is 9.53. The molecule has 1 aromatic heterocycles. The molecule has 2 heterocycles. The lowest BCUT2D eigenvalue weighted by atomic mass is 10.1. The zero-order valence-electron chi connectivity index (χ0n) is 13.1. The quantitative estimate of drug-likeness (QED) is 0.886. The van der Waals surface area contributed by atoms with Crippen LogP contribution in [0.4, 0.5) is 5.82 Å². The third-order valence-electron chi connectivity index (χ3n) is 3.77. The molecule has 1 aromatic carbocycles. The van der Waals surface area contributed by atoms with Crippen LogP contribution in [0.3, 0.4) is 0 Å². The number of benzene rings is 1. The molecule has 0 saturated heterocycles. The van der Waals surface area contributed by atoms with E-state index in [1.165, 1.54) is 5.56 Å². The summed E-state index contributed by atoms with van der Waals surface area (Å²) >= 11 is 0. The Balaban J connectivity index is 1.99. The molecular weight excluding hydrogens is 276 g/mol. The normalized spacial score (nSPS) is 15.2. The van der Waals surface area contributed by atoms with Crippen molar-refractivity contribution in [2.45, 2.75) is 25.9 Å². The molecule has 0 radical (unpaired) electrons. The van der Waals surface area contributed by atoms with Crippen LogP contribution in [0.15, 0.2) is 30.3 Å². The molecular formula is C17H22N4O. The van der Waals surface area contributed by atoms with E-state index in [0.717, 1.165) is 42.4 Å². The lowest BCUT2D eigenvalue weighted by Crippen LogP contribution is -2.29. The van der Waals surface area contributed by atoms with Crippen LogP contribution in [-0.4, -0.2) is 36.3 Å². The zero-order valence-corrected chi connectivity index (χ0v) is 13.1. The second-order valence-electron chi connectivity index (χ2n) is 5.61. The largest absolute Gasteiger partial charge is 0.383 e. The van der Waals surface area contributed by atoms with E-state index in [-0.39, 0.29) is 6.04 Å². The highest BCUT2D eigenvalue weighted by Gasteiger charge is 2.19. The van der Waals surface area contributed by atoms with Gasteiger partial charge in [0.05, 0.1) is 12.3 Å². The summed E-state index contributed by atoms with van der Waals surface area (Å²) in [5, 5.41) is 6.86. The van der Waals surface area contributed by atoms with Gasteiger partial charge in [-0.1, -0.05) is 30.3 Å². The van der Waals surface area contributed by atoms with Crippen molar-refractivity contribution >= 4 is 5.82 Å². The van der Waals surface area contributed by atoms with E-state index >= 15 is 0 Å². The Hall–Kier alpha value is -1.98. The first-order valence-electron chi connectivity index (χ1n) is 7.69. The van der Waals surface area contributed by atoms with Gasteiger partial charge < -0.3 is 15.4 Å². The molecule has 22 heavy (non-hydrogen) atoms. The molecule has 3 rings (SSSR count). The van der Waals surface area contributed by atoms with Crippen molar-refractivity contribution in [1.82, 2.24) is 15.3 Å². The molecule has 0 unspecified atom stereocenters. The molecule has 5 heteroatoms. The predicted molar refractivity (Wildman–Crippen MR) is 87.8 cm³/mol. The molecule has 1 aliphatic rings. The van der Waals surface area contributed by atoms with Gasteiger partial charge in [-0.2, -0.15) is 0 Å². The minimum absolute atomic E-state index is 0.211. The Bertz CT molecular complexity index is 630. The van der Waals surface area contributed by atoms with E-state index in [0.29, 0.717) is 6.61 Å². The van der Waals surface area contributed by atoms with Crippen molar-refractivity contribution in [3.05, 3.63) is 41.6 Å². The van der Waals surface area contributed by atoms with Gasteiger partial charge in [0.2, 0.25) is 0 Å². The van der Waals surface area contributed by atoms with Gasteiger partial charge in [0.1, 0.15) is 5.82 Å². The summed E-state index contributed by atoms with van der Waals surface area (Å²) in [6.07, 6.45) is 0.951. The van der Waals surface area contributed by atoms with Crippen LogP contribution < -0.4 is 10.6 Å². The molecule has 0 bridgehead atoms. The third kappa shape index (κ3) is 3.26. The summed E-state index contributed by atoms with van der Waals surface area (Å²) < 4.78 is 5.22. The van der Waals surface area contributed by atoms with Crippen LogP contribution in [0.5, 0.6) is 0 Å². The number of methoxy groups -OCH3 is 1. The first-order valence-corrected chi connectivity index (χ1v) is 7.69. The SMILES string of the molecule is COC[C@@H](C)Nc1nc(-c2ccccc2)nc2c1CCNC2. The van der Waals surface area contributed by atoms with E-state index in [4.69, 9.17) is 14.7 Å². The fourth-order valence-electron chi connectivity index (χ4n) is 2.72. The maximum Gasteiger partial charge on any atom is 0.161 e. The van der Waals surface area contributed by atoms with Crippen LogP contribution in [0.1, 0.15) is 18.2 Å². The summed E-state index contributed by atoms with van der Waals surface area (Å²) in [5.41, 5.74) is 3.35. The first kappa shape index (κ1) is 14.9. The van der Waals surface area contributed by atoms with Gasteiger partial charge in [0.15, 0.2) is 5.82 Å². The van der Waals surface area contributed by atoms with Crippen molar-refractivity contribution in [2.75, 3.05) is 25.6 Å².